The van der Waals surface area contributed by atoms with E-state index in [0.29, 0.717) is 10.8 Å². The Hall–Kier alpha value is -0.520. The van der Waals surface area contributed by atoms with Gasteiger partial charge in [-0.25, -0.2) is 0 Å². The average Bonchev–Trinajstić information content (AvgIpc) is 2.79. The number of hydrogen-bond donors (Lipinski definition) is 0. The van der Waals surface area contributed by atoms with Crippen LogP contribution in [-0.2, 0) is 0 Å². The van der Waals surface area contributed by atoms with Crippen molar-refractivity contribution >= 4 is 0 Å². The standard InChI is InChI=1S/C19H28/c1-18-11-5-7-16(18)15-9-8-14-6-3-4-12-19(14,2)17(15)10-13-18/h5,8,11,15-17H,3-4,6-7,9-10,12-13H2,1-2H3/t15?,16-,17?,18?,19?/m0/s1. The van der Waals surface area contributed by atoms with Crippen LogP contribution >= 0.6 is 0 Å². The molecule has 0 heterocycles. The number of rotatable bonds is 0. The molecule has 0 amide bonds. The first kappa shape index (κ1) is 12.2. The zero-order valence-electron chi connectivity index (χ0n) is 12.6. The highest BCUT2D eigenvalue weighted by molar-refractivity contribution is 5.25. The molecule has 0 aromatic heterocycles. The van der Waals surface area contributed by atoms with Gasteiger partial charge in [0.15, 0.2) is 0 Å². The Bertz CT molecular complexity index is 443. The predicted octanol–water partition coefficient (Wildman–Crippen LogP) is 5.51. The Balaban J connectivity index is 1.71. The molecule has 0 saturated heterocycles. The lowest BCUT2D eigenvalue weighted by Gasteiger charge is -2.56. The molecular weight excluding hydrogens is 228 g/mol. The molecule has 0 bridgehead atoms. The molecule has 0 spiro atoms. The first-order chi connectivity index (χ1) is 9.13. The van der Waals surface area contributed by atoms with Gasteiger partial charge in [-0.05, 0) is 73.5 Å². The second kappa shape index (κ2) is 3.99. The molecule has 4 rings (SSSR count). The molecule has 0 nitrogen and oxygen atoms in total. The minimum Gasteiger partial charge on any atom is -0.0877 e. The van der Waals surface area contributed by atoms with Crippen molar-refractivity contribution in [2.24, 2.45) is 28.6 Å². The molecule has 104 valence electrons. The third-order valence-corrected chi connectivity index (χ3v) is 7.34. The fourth-order valence-electron chi connectivity index (χ4n) is 6.18. The van der Waals surface area contributed by atoms with Gasteiger partial charge in [-0.2, -0.15) is 0 Å². The highest BCUT2D eigenvalue weighted by atomic mass is 14.6. The van der Waals surface area contributed by atoms with E-state index >= 15 is 0 Å². The molecule has 2 saturated carbocycles. The first-order valence-corrected chi connectivity index (χ1v) is 8.51. The summed E-state index contributed by atoms with van der Waals surface area (Å²) in [6, 6.07) is 0. The van der Waals surface area contributed by atoms with E-state index in [4.69, 9.17) is 0 Å². The van der Waals surface area contributed by atoms with Crippen LogP contribution in [0.25, 0.3) is 0 Å². The van der Waals surface area contributed by atoms with Crippen LogP contribution in [0, 0.1) is 28.6 Å². The largest absolute Gasteiger partial charge is 0.0877 e. The molecule has 5 atom stereocenters. The van der Waals surface area contributed by atoms with Crippen molar-refractivity contribution < 1.29 is 0 Å². The molecular formula is C19H28. The van der Waals surface area contributed by atoms with Gasteiger partial charge in [0.1, 0.15) is 0 Å². The molecule has 0 heteroatoms. The van der Waals surface area contributed by atoms with Crippen molar-refractivity contribution in [1.29, 1.82) is 0 Å². The number of allylic oxidation sites excluding steroid dienone is 4. The normalized spacial score (nSPS) is 52.1. The highest BCUT2D eigenvalue weighted by Gasteiger charge is 2.53. The van der Waals surface area contributed by atoms with Gasteiger partial charge in [-0.15, -0.1) is 0 Å². The van der Waals surface area contributed by atoms with Crippen LogP contribution < -0.4 is 0 Å². The summed E-state index contributed by atoms with van der Waals surface area (Å²) < 4.78 is 0. The van der Waals surface area contributed by atoms with Crippen LogP contribution in [0.15, 0.2) is 23.8 Å². The molecule has 0 N–H and O–H groups in total. The molecule has 0 aromatic carbocycles. The molecule has 0 aromatic rings. The third-order valence-electron chi connectivity index (χ3n) is 7.34. The van der Waals surface area contributed by atoms with E-state index in [0.717, 1.165) is 17.8 Å². The van der Waals surface area contributed by atoms with E-state index in [1.807, 2.05) is 5.57 Å². The van der Waals surface area contributed by atoms with Gasteiger partial charge in [0, 0.05) is 0 Å². The topological polar surface area (TPSA) is 0 Å². The molecule has 2 fully saturated rings. The summed E-state index contributed by atoms with van der Waals surface area (Å²) in [5, 5.41) is 0. The van der Waals surface area contributed by atoms with Crippen LogP contribution in [0.2, 0.25) is 0 Å². The van der Waals surface area contributed by atoms with Crippen LogP contribution in [0.4, 0.5) is 0 Å². The lowest BCUT2D eigenvalue weighted by molar-refractivity contribution is -0.0130. The minimum atomic E-state index is 0.539. The van der Waals surface area contributed by atoms with Crippen LogP contribution in [0.5, 0.6) is 0 Å². The zero-order chi connectivity index (χ0) is 13.1. The fraction of sp³-hybridized carbons (Fsp3) is 0.789. The first-order valence-electron chi connectivity index (χ1n) is 8.51. The maximum Gasteiger partial charge on any atom is -0.00853 e. The molecule has 4 aliphatic carbocycles. The van der Waals surface area contributed by atoms with Crippen molar-refractivity contribution in [2.45, 2.75) is 65.2 Å². The SMILES string of the molecule is CC12CCCCC1=CCC1C2CCC2(C)C=CC[C@@H]12. The van der Waals surface area contributed by atoms with Crippen LogP contribution in [0.1, 0.15) is 65.2 Å². The number of hydrogen-bond acceptors (Lipinski definition) is 0. The average molecular weight is 256 g/mol. The third kappa shape index (κ3) is 1.58. The zero-order valence-corrected chi connectivity index (χ0v) is 12.6. The van der Waals surface area contributed by atoms with E-state index in [-0.39, 0.29) is 0 Å². The van der Waals surface area contributed by atoms with E-state index in [1.165, 1.54) is 51.4 Å². The molecule has 4 aliphatic rings. The highest BCUT2D eigenvalue weighted by Crippen LogP contribution is 2.63. The summed E-state index contributed by atoms with van der Waals surface area (Å²) in [5.74, 6) is 2.91. The molecule has 19 heavy (non-hydrogen) atoms. The van der Waals surface area contributed by atoms with Gasteiger partial charge in [0.2, 0.25) is 0 Å². The Morgan fingerprint density at radius 2 is 1.95 bits per heavy atom. The lowest BCUT2D eigenvalue weighted by Crippen LogP contribution is -2.48. The maximum atomic E-state index is 2.67. The van der Waals surface area contributed by atoms with Crippen molar-refractivity contribution in [3.05, 3.63) is 23.8 Å². The van der Waals surface area contributed by atoms with Crippen molar-refractivity contribution in [3.8, 4) is 0 Å². The summed E-state index contributed by atoms with van der Waals surface area (Å²) in [6.45, 7) is 5.14. The summed E-state index contributed by atoms with van der Waals surface area (Å²) in [7, 11) is 0. The van der Waals surface area contributed by atoms with Crippen molar-refractivity contribution in [3.63, 3.8) is 0 Å². The Labute approximate surface area is 118 Å². The van der Waals surface area contributed by atoms with E-state index < -0.39 is 0 Å². The number of fused-ring (bicyclic) bond motifs is 5. The summed E-state index contributed by atoms with van der Waals surface area (Å²) in [5.41, 5.74) is 2.96. The van der Waals surface area contributed by atoms with E-state index in [2.05, 4.69) is 32.1 Å². The van der Waals surface area contributed by atoms with E-state index in [9.17, 15) is 0 Å². The summed E-state index contributed by atoms with van der Waals surface area (Å²) in [6.07, 6.45) is 19.2. The Morgan fingerprint density at radius 1 is 1.05 bits per heavy atom. The molecule has 0 aliphatic heterocycles. The predicted molar refractivity (Wildman–Crippen MR) is 80.8 cm³/mol. The van der Waals surface area contributed by atoms with Gasteiger partial charge in [0.25, 0.3) is 0 Å². The van der Waals surface area contributed by atoms with Crippen LogP contribution in [-0.4, -0.2) is 0 Å². The van der Waals surface area contributed by atoms with Gasteiger partial charge < -0.3 is 0 Å². The fourth-order valence-corrected chi connectivity index (χ4v) is 6.18. The second-order valence-corrected chi connectivity index (χ2v) is 8.15. The monoisotopic (exact) mass is 256 g/mol. The Morgan fingerprint density at radius 3 is 2.84 bits per heavy atom. The van der Waals surface area contributed by atoms with Gasteiger partial charge in [0.05, 0.1) is 0 Å². The second-order valence-electron chi connectivity index (χ2n) is 8.15. The van der Waals surface area contributed by atoms with Gasteiger partial charge in [-0.3, -0.25) is 0 Å². The summed E-state index contributed by atoms with van der Waals surface area (Å²) >= 11 is 0. The molecule has 0 radical (unpaired) electrons. The van der Waals surface area contributed by atoms with Crippen molar-refractivity contribution in [1.82, 2.24) is 0 Å². The van der Waals surface area contributed by atoms with Gasteiger partial charge >= 0.3 is 0 Å². The van der Waals surface area contributed by atoms with Gasteiger partial charge in [-0.1, -0.05) is 44.1 Å². The summed E-state index contributed by atoms with van der Waals surface area (Å²) in [4.78, 5) is 0. The minimum absolute atomic E-state index is 0.539. The maximum absolute atomic E-state index is 2.67. The van der Waals surface area contributed by atoms with Crippen molar-refractivity contribution in [2.75, 3.05) is 0 Å². The lowest BCUT2D eigenvalue weighted by atomic mass is 9.48. The van der Waals surface area contributed by atoms with E-state index in [1.54, 1.807) is 0 Å². The van der Waals surface area contributed by atoms with Crippen LogP contribution in [0.3, 0.4) is 0 Å². The smallest absolute Gasteiger partial charge is 0.00853 e. The quantitative estimate of drug-likeness (QED) is 0.502. The Kier molecular flexibility index (Phi) is 2.57. The molecule has 4 unspecified atom stereocenters.